The van der Waals surface area contributed by atoms with Crippen LogP contribution in [-0.4, -0.2) is 38.1 Å². The van der Waals surface area contributed by atoms with Crippen LogP contribution < -0.4 is 20.1 Å². The fourth-order valence-corrected chi connectivity index (χ4v) is 2.72. The minimum atomic E-state index is -4.82. The molecule has 1 aromatic rings. The maximum Gasteiger partial charge on any atom is 0.431 e. The van der Waals surface area contributed by atoms with Crippen molar-refractivity contribution in [2.75, 3.05) is 20.8 Å². The van der Waals surface area contributed by atoms with E-state index in [1.54, 1.807) is 0 Å². The highest BCUT2D eigenvalue weighted by atomic mass is 32.1. The largest absolute Gasteiger partial charge is 0.493 e. The maximum absolute atomic E-state index is 13.5. The number of esters is 1. The number of thiocarbonyl (C=S) groups is 1. The van der Waals surface area contributed by atoms with Crippen LogP contribution in [0.4, 0.5) is 13.2 Å². The summed E-state index contributed by atoms with van der Waals surface area (Å²) in [5, 5.41) is 4.43. The molecular formula is C16H17F3N2O4S. The van der Waals surface area contributed by atoms with Gasteiger partial charge in [0.2, 0.25) is 0 Å². The highest BCUT2D eigenvalue weighted by Gasteiger charge is 2.45. The molecule has 0 saturated heterocycles. The van der Waals surface area contributed by atoms with Gasteiger partial charge in [0, 0.05) is 0 Å². The number of rotatable bonds is 5. The molecule has 2 rings (SSSR count). The Morgan fingerprint density at radius 3 is 2.42 bits per heavy atom. The molecule has 0 unspecified atom stereocenters. The lowest BCUT2D eigenvalue weighted by Crippen LogP contribution is -2.49. The quantitative estimate of drug-likeness (QED) is 0.592. The summed E-state index contributed by atoms with van der Waals surface area (Å²) in [5.41, 5.74) is -1.53. The average molecular weight is 390 g/mol. The van der Waals surface area contributed by atoms with Crippen molar-refractivity contribution in [1.82, 2.24) is 10.6 Å². The second-order valence-electron chi connectivity index (χ2n) is 5.15. The molecule has 0 fully saturated rings. The van der Waals surface area contributed by atoms with E-state index in [2.05, 4.69) is 5.32 Å². The van der Waals surface area contributed by atoms with Gasteiger partial charge in [0.05, 0.1) is 32.4 Å². The van der Waals surface area contributed by atoms with Crippen LogP contribution in [-0.2, 0) is 9.53 Å². The Labute approximate surface area is 153 Å². The number of ether oxygens (including phenoxy) is 3. The predicted molar refractivity (Wildman–Crippen MR) is 90.9 cm³/mol. The van der Waals surface area contributed by atoms with Gasteiger partial charge in [0.15, 0.2) is 16.6 Å². The lowest BCUT2D eigenvalue weighted by molar-refractivity contribution is -0.140. The zero-order valence-corrected chi connectivity index (χ0v) is 15.0. The first kappa shape index (κ1) is 19.8. The monoisotopic (exact) mass is 390 g/mol. The zero-order chi connectivity index (χ0) is 19.5. The first-order valence-corrected chi connectivity index (χ1v) is 7.91. The van der Waals surface area contributed by atoms with Gasteiger partial charge in [-0.25, -0.2) is 4.79 Å². The molecule has 1 atom stereocenters. The van der Waals surface area contributed by atoms with Gasteiger partial charge in [-0.1, -0.05) is 6.07 Å². The van der Waals surface area contributed by atoms with Crippen LogP contribution in [0.5, 0.6) is 11.5 Å². The molecule has 2 N–H and O–H groups in total. The first-order valence-electron chi connectivity index (χ1n) is 7.50. The van der Waals surface area contributed by atoms with Crippen LogP contribution in [0, 0.1) is 0 Å². The van der Waals surface area contributed by atoms with Gasteiger partial charge in [-0.05, 0) is 36.8 Å². The molecule has 0 radical (unpaired) electrons. The summed E-state index contributed by atoms with van der Waals surface area (Å²) in [5.74, 6) is -0.402. The maximum atomic E-state index is 13.5. The van der Waals surface area contributed by atoms with Crippen molar-refractivity contribution in [3.8, 4) is 11.5 Å². The zero-order valence-electron chi connectivity index (χ0n) is 14.2. The fraction of sp³-hybridized carbons (Fsp3) is 0.375. The summed E-state index contributed by atoms with van der Waals surface area (Å²) < 4.78 is 55.5. The van der Waals surface area contributed by atoms with Crippen molar-refractivity contribution < 1.29 is 32.2 Å². The lowest BCUT2D eigenvalue weighted by atomic mass is 9.94. The van der Waals surface area contributed by atoms with Crippen molar-refractivity contribution in [1.29, 1.82) is 0 Å². The van der Waals surface area contributed by atoms with E-state index in [1.807, 2.05) is 5.32 Å². The number of carbonyl (C=O) groups is 1. The van der Waals surface area contributed by atoms with Gasteiger partial charge in [-0.15, -0.1) is 0 Å². The highest BCUT2D eigenvalue weighted by Crippen LogP contribution is 2.38. The van der Waals surface area contributed by atoms with Crippen LogP contribution >= 0.6 is 12.2 Å². The van der Waals surface area contributed by atoms with E-state index < -0.39 is 29.5 Å². The summed E-state index contributed by atoms with van der Waals surface area (Å²) in [6.07, 6.45) is -4.82. The second kappa shape index (κ2) is 7.81. The number of benzene rings is 1. The molecular weight excluding hydrogens is 373 g/mol. The third kappa shape index (κ3) is 4.01. The van der Waals surface area contributed by atoms with E-state index in [-0.39, 0.29) is 11.7 Å². The Morgan fingerprint density at radius 2 is 1.88 bits per heavy atom. The lowest BCUT2D eigenvalue weighted by Gasteiger charge is -2.31. The SMILES string of the molecule is CCOC(=O)C1=C(C(F)(F)F)NC(=S)N[C@@H]1c1ccc(OC)c(OC)c1. The number of methoxy groups -OCH3 is 2. The number of hydrogen-bond donors (Lipinski definition) is 2. The topological polar surface area (TPSA) is 68.8 Å². The molecule has 10 heteroatoms. The van der Waals surface area contributed by atoms with Gasteiger partial charge in [-0.2, -0.15) is 13.2 Å². The van der Waals surface area contributed by atoms with Crippen molar-refractivity contribution in [2.45, 2.75) is 19.1 Å². The Morgan fingerprint density at radius 1 is 1.23 bits per heavy atom. The molecule has 0 spiro atoms. The van der Waals surface area contributed by atoms with Gasteiger partial charge in [-0.3, -0.25) is 0 Å². The summed E-state index contributed by atoms with van der Waals surface area (Å²) >= 11 is 4.88. The smallest absolute Gasteiger partial charge is 0.431 e. The number of allylic oxidation sites excluding steroid dienone is 1. The van der Waals surface area contributed by atoms with Gasteiger partial charge >= 0.3 is 12.1 Å². The number of carbonyl (C=O) groups excluding carboxylic acids is 1. The minimum Gasteiger partial charge on any atom is -0.493 e. The van der Waals surface area contributed by atoms with E-state index in [9.17, 15) is 18.0 Å². The third-order valence-corrected chi connectivity index (χ3v) is 3.81. The van der Waals surface area contributed by atoms with E-state index in [0.717, 1.165) is 0 Å². The van der Waals surface area contributed by atoms with Gasteiger partial charge in [0.1, 0.15) is 5.70 Å². The van der Waals surface area contributed by atoms with Crippen molar-refractivity contribution in [2.24, 2.45) is 0 Å². The van der Waals surface area contributed by atoms with Crippen molar-refractivity contribution in [3.63, 3.8) is 0 Å². The normalized spacial score (nSPS) is 17.3. The van der Waals surface area contributed by atoms with Crippen LogP contribution in [0.2, 0.25) is 0 Å². The second-order valence-corrected chi connectivity index (χ2v) is 5.56. The third-order valence-electron chi connectivity index (χ3n) is 3.59. The summed E-state index contributed by atoms with van der Waals surface area (Å²) in [6, 6.07) is 3.34. The molecule has 0 bridgehead atoms. The Kier molecular flexibility index (Phi) is 5.96. The minimum absolute atomic E-state index is 0.0728. The molecule has 1 aliphatic heterocycles. The molecule has 142 valence electrons. The van der Waals surface area contributed by atoms with Gasteiger partial charge < -0.3 is 24.8 Å². The molecule has 26 heavy (non-hydrogen) atoms. The van der Waals surface area contributed by atoms with E-state index in [1.165, 1.54) is 39.3 Å². The Hall–Kier alpha value is -2.49. The molecule has 0 aromatic heterocycles. The molecule has 6 nitrogen and oxygen atoms in total. The number of halogens is 3. The van der Waals surface area contributed by atoms with E-state index in [4.69, 9.17) is 26.4 Å². The summed E-state index contributed by atoms with van der Waals surface area (Å²) in [7, 11) is 2.83. The highest BCUT2D eigenvalue weighted by molar-refractivity contribution is 7.80. The number of hydrogen-bond acceptors (Lipinski definition) is 5. The van der Waals surface area contributed by atoms with E-state index >= 15 is 0 Å². The van der Waals surface area contributed by atoms with E-state index in [0.29, 0.717) is 17.1 Å². The summed E-state index contributed by atoms with van der Waals surface area (Å²) in [6.45, 7) is 1.43. The van der Waals surface area contributed by atoms with Crippen LogP contribution in [0.25, 0.3) is 0 Å². The van der Waals surface area contributed by atoms with Crippen molar-refractivity contribution in [3.05, 3.63) is 35.0 Å². The first-order chi connectivity index (χ1) is 12.2. The fourth-order valence-electron chi connectivity index (χ4n) is 2.50. The molecule has 0 saturated carbocycles. The average Bonchev–Trinajstić information content (AvgIpc) is 2.59. The number of nitrogens with one attached hydrogen (secondary N) is 2. The Bertz CT molecular complexity index is 750. The standard InChI is InChI=1S/C16H17F3N2O4S/c1-4-25-14(22)11-12(20-15(26)21-13(11)16(17,18)19)8-5-6-9(23-2)10(7-8)24-3/h5-7,12H,4H2,1-3H3,(H2,20,21,26)/t12-/m1/s1. The van der Waals surface area contributed by atoms with Crippen LogP contribution in [0.1, 0.15) is 18.5 Å². The predicted octanol–water partition coefficient (Wildman–Crippen LogP) is 2.60. The molecule has 0 aliphatic carbocycles. The number of alkyl halides is 3. The van der Waals surface area contributed by atoms with Gasteiger partial charge in [0.25, 0.3) is 0 Å². The van der Waals surface area contributed by atoms with Crippen molar-refractivity contribution >= 4 is 23.3 Å². The summed E-state index contributed by atoms with van der Waals surface area (Å²) in [4.78, 5) is 12.3. The molecule has 1 heterocycles. The molecule has 1 aliphatic rings. The van der Waals surface area contributed by atoms with Crippen LogP contribution in [0.3, 0.4) is 0 Å². The van der Waals surface area contributed by atoms with Crippen LogP contribution in [0.15, 0.2) is 29.5 Å². The molecule has 1 aromatic carbocycles. The molecule has 0 amide bonds. The Balaban J connectivity index is 2.63.